The number of nitrogens with one attached hydrogen (secondary N) is 2. The second-order valence-corrected chi connectivity index (χ2v) is 8.09. The van der Waals surface area contributed by atoms with Crippen LogP contribution in [0.15, 0.2) is 18.3 Å². The van der Waals surface area contributed by atoms with Gasteiger partial charge in [0.25, 0.3) is 11.7 Å². The van der Waals surface area contributed by atoms with Crippen LogP contribution in [0.2, 0.25) is 0 Å². The van der Waals surface area contributed by atoms with Crippen molar-refractivity contribution < 1.29 is 24.0 Å². The smallest absolute Gasteiger partial charge is 0.340 e. The van der Waals surface area contributed by atoms with Crippen LogP contribution >= 0.6 is 0 Å². The Hall–Kier alpha value is -2.87. The summed E-state index contributed by atoms with van der Waals surface area (Å²) in [6.45, 7) is 9.45. The van der Waals surface area contributed by atoms with Gasteiger partial charge in [0.05, 0.1) is 30.9 Å². The van der Waals surface area contributed by atoms with Gasteiger partial charge in [-0.1, -0.05) is 0 Å². The molecule has 8 nitrogen and oxygen atoms in total. The molecule has 2 fully saturated rings. The summed E-state index contributed by atoms with van der Waals surface area (Å²) in [6, 6.07) is 4.18. The standard InChI is InChI=1S/C23H30N4O4/c1-4-31-23(29)21-16(3)27(18-6-7-18)15(2)19(21)14-25-22(28)17-5-8-20(24-13-17)26-9-11-30-12-10-26/h5,8,13,18H,4,6-7,9-12,14H2,1-3H3,(H,25,28)/p+1. The number of anilines is 1. The SMILES string of the molecule is CCOC(=O)c1c(CNC(=O)c2ccc(N3CCOCC3)[nH+]c2)c(C)n(C2CC2)c1C. The number of esters is 1. The fraction of sp³-hybridized carbons (Fsp3) is 0.522. The van der Waals surface area contributed by atoms with Crippen molar-refractivity contribution in [3.63, 3.8) is 0 Å². The predicted octanol–water partition coefficient (Wildman–Crippen LogP) is 2.20. The van der Waals surface area contributed by atoms with Crippen LogP contribution in [-0.2, 0) is 16.0 Å². The lowest BCUT2D eigenvalue weighted by molar-refractivity contribution is -0.364. The zero-order valence-electron chi connectivity index (χ0n) is 18.5. The maximum atomic E-state index is 12.8. The van der Waals surface area contributed by atoms with E-state index in [1.165, 1.54) is 0 Å². The fourth-order valence-electron chi connectivity index (χ4n) is 4.32. The first-order valence-electron chi connectivity index (χ1n) is 11.0. The van der Waals surface area contributed by atoms with Gasteiger partial charge in [0.2, 0.25) is 0 Å². The van der Waals surface area contributed by atoms with Gasteiger partial charge in [0, 0.05) is 35.6 Å². The molecule has 3 heterocycles. The van der Waals surface area contributed by atoms with Gasteiger partial charge in [0.1, 0.15) is 19.3 Å². The predicted molar refractivity (Wildman–Crippen MR) is 115 cm³/mol. The molecule has 4 rings (SSSR count). The maximum absolute atomic E-state index is 12.8. The third-order valence-corrected chi connectivity index (χ3v) is 6.05. The Bertz CT molecular complexity index is 957. The first-order valence-corrected chi connectivity index (χ1v) is 11.0. The summed E-state index contributed by atoms with van der Waals surface area (Å²) in [5.74, 6) is 0.461. The van der Waals surface area contributed by atoms with Gasteiger partial charge in [-0.3, -0.25) is 9.69 Å². The zero-order chi connectivity index (χ0) is 22.0. The maximum Gasteiger partial charge on any atom is 0.340 e. The van der Waals surface area contributed by atoms with Crippen molar-refractivity contribution >= 4 is 17.7 Å². The molecule has 166 valence electrons. The number of nitrogens with zero attached hydrogens (tertiary/aromatic N) is 2. The molecule has 0 aromatic carbocycles. The van der Waals surface area contributed by atoms with Crippen LogP contribution in [0.25, 0.3) is 0 Å². The molecule has 1 aliphatic heterocycles. The van der Waals surface area contributed by atoms with Gasteiger partial charge in [-0.05, 0) is 39.7 Å². The summed E-state index contributed by atoms with van der Waals surface area (Å²) in [5, 5.41) is 2.98. The second-order valence-electron chi connectivity index (χ2n) is 8.09. The molecular weight excluding hydrogens is 396 g/mol. The van der Waals surface area contributed by atoms with Gasteiger partial charge in [-0.15, -0.1) is 0 Å². The molecule has 1 amide bonds. The molecule has 2 aromatic rings. The highest BCUT2D eigenvalue weighted by Crippen LogP contribution is 2.40. The highest BCUT2D eigenvalue weighted by molar-refractivity contribution is 5.95. The highest BCUT2D eigenvalue weighted by atomic mass is 16.5. The largest absolute Gasteiger partial charge is 0.462 e. The van der Waals surface area contributed by atoms with E-state index in [1.54, 1.807) is 13.1 Å². The number of morpholine rings is 1. The summed E-state index contributed by atoms with van der Waals surface area (Å²) in [7, 11) is 0. The Morgan fingerprint density at radius 3 is 2.55 bits per heavy atom. The Morgan fingerprint density at radius 1 is 1.19 bits per heavy atom. The van der Waals surface area contributed by atoms with E-state index in [1.807, 2.05) is 26.0 Å². The first kappa shape index (κ1) is 21.4. The Labute approximate surface area is 182 Å². The van der Waals surface area contributed by atoms with Crippen LogP contribution < -0.4 is 15.2 Å². The number of ether oxygens (including phenoxy) is 2. The number of rotatable bonds is 7. The van der Waals surface area contributed by atoms with Crippen molar-refractivity contribution in [2.24, 2.45) is 0 Å². The van der Waals surface area contributed by atoms with Crippen molar-refractivity contribution in [3.05, 3.63) is 46.4 Å². The molecule has 0 bridgehead atoms. The molecule has 2 aromatic heterocycles. The molecule has 0 radical (unpaired) electrons. The number of H-pyrrole nitrogens is 1. The van der Waals surface area contributed by atoms with E-state index in [9.17, 15) is 9.59 Å². The molecule has 1 saturated heterocycles. The molecule has 0 spiro atoms. The summed E-state index contributed by atoms with van der Waals surface area (Å²) in [6.07, 6.45) is 3.96. The molecule has 8 heteroatoms. The second kappa shape index (κ2) is 9.09. The van der Waals surface area contributed by atoms with E-state index in [4.69, 9.17) is 9.47 Å². The molecule has 2 aliphatic rings. The average molecular weight is 428 g/mol. The van der Waals surface area contributed by atoms with E-state index in [-0.39, 0.29) is 18.4 Å². The monoisotopic (exact) mass is 427 g/mol. The lowest BCUT2D eigenvalue weighted by Crippen LogP contribution is -2.39. The molecule has 31 heavy (non-hydrogen) atoms. The first-order chi connectivity index (χ1) is 15.0. The zero-order valence-corrected chi connectivity index (χ0v) is 18.5. The summed E-state index contributed by atoms with van der Waals surface area (Å²) >= 11 is 0. The Kier molecular flexibility index (Phi) is 6.27. The molecule has 0 atom stereocenters. The van der Waals surface area contributed by atoms with Crippen LogP contribution in [0.1, 0.15) is 63.5 Å². The van der Waals surface area contributed by atoms with Crippen molar-refractivity contribution in [1.29, 1.82) is 0 Å². The third kappa shape index (κ3) is 4.44. The van der Waals surface area contributed by atoms with Crippen LogP contribution in [-0.4, -0.2) is 49.4 Å². The van der Waals surface area contributed by atoms with Crippen molar-refractivity contribution in [2.75, 3.05) is 37.8 Å². The summed E-state index contributed by atoms with van der Waals surface area (Å²) in [4.78, 5) is 30.8. The minimum Gasteiger partial charge on any atom is -0.462 e. The van der Waals surface area contributed by atoms with Gasteiger partial charge in [-0.2, -0.15) is 0 Å². The third-order valence-electron chi connectivity index (χ3n) is 6.05. The van der Waals surface area contributed by atoms with Gasteiger partial charge < -0.3 is 19.4 Å². The van der Waals surface area contributed by atoms with Crippen molar-refractivity contribution in [1.82, 2.24) is 9.88 Å². The lowest BCUT2D eigenvalue weighted by atomic mass is 10.1. The lowest BCUT2D eigenvalue weighted by Gasteiger charge is -2.21. The number of carbonyl (C=O) groups excluding carboxylic acids is 2. The summed E-state index contributed by atoms with van der Waals surface area (Å²) < 4.78 is 12.9. The summed E-state index contributed by atoms with van der Waals surface area (Å²) in [5.41, 5.74) is 3.92. The van der Waals surface area contributed by atoms with Crippen LogP contribution in [0, 0.1) is 13.8 Å². The number of amides is 1. The molecule has 0 unspecified atom stereocenters. The highest BCUT2D eigenvalue weighted by Gasteiger charge is 2.32. The molecular formula is C23H31N4O4+. The van der Waals surface area contributed by atoms with Crippen LogP contribution in [0.4, 0.5) is 5.82 Å². The van der Waals surface area contributed by atoms with E-state index < -0.39 is 0 Å². The Balaban J connectivity index is 1.48. The van der Waals surface area contributed by atoms with Crippen molar-refractivity contribution in [2.45, 2.75) is 46.2 Å². The van der Waals surface area contributed by atoms with Gasteiger partial charge in [0.15, 0.2) is 0 Å². The van der Waals surface area contributed by atoms with Gasteiger partial charge in [-0.25, -0.2) is 9.78 Å². The topological polar surface area (TPSA) is 86.9 Å². The minimum atomic E-state index is -0.324. The number of aromatic nitrogens is 2. The van der Waals surface area contributed by atoms with E-state index in [2.05, 4.69) is 19.8 Å². The molecule has 1 saturated carbocycles. The van der Waals surface area contributed by atoms with E-state index in [0.717, 1.165) is 48.7 Å². The quantitative estimate of drug-likeness (QED) is 0.685. The van der Waals surface area contributed by atoms with Crippen molar-refractivity contribution in [3.8, 4) is 0 Å². The average Bonchev–Trinajstić information content (AvgIpc) is 3.58. The number of hydrogen-bond donors (Lipinski definition) is 1. The number of carbonyl (C=O) groups is 2. The van der Waals surface area contributed by atoms with E-state index in [0.29, 0.717) is 37.0 Å². The molecule has 2 N–H and O–H groups in total. The fourth-order valence-corrected chi connectivity index (χ4v) is 4.32. The van der Waals surface area contributed by atoms with E-state index >= 15 is 0 Å². The molecule has 1 aliphatic carbocycles. The number of pyridine rings is 1. The number of hydrogen-bond acceptors (Lipinski definition) is 5. The number of aromatic amines is 1. The van der Waals surface area contributed by atoms with Gasteiger partial charge >= 0.3 is 5.97 Å². The van der Waals surface area contributed by atoms with Crippen LogP contribution in [0.5, 0.6) is 0 Å². The minimum absolute atomic E-state index is 0.184. The van der Waals surface area contributed by atoms with Crippen LogP contribution in [0.3, 0.4) is 0 Å². The Morgan fingerprint density at radius 2 is 1.94 bits per heavy atom. The normalized spacial score (nSPS) is 16.3.